The molecule has 0 unspecified atom stereocenters. The van der Waals surface area contributed by atoms with Gasteiger partial charge in [-0.3, -0.25) is 4.79 Å². The smallest absolute Gasteiger partial charge is 0.165 e. The second-order valence-electron chi connectivity index (χ2n) is 6.52. The summed E-state index contributed by atoms with van der Waals surface area (Å²) in [6.07, 6.45) is 1.42. The molecule has 0 atom stereocenters. The molecular weight excluding hydrogens is 333 g/mol. The maximum Gasteiger partial charge on any atom is 0.165 e. The number of hydrogen-bond donors (Lipinski definition) is 0. The maximum atomic E-state index is 13.5. The molecule has 0 radical (unpaired) electrons. The van der Waals surface area contributed by atoms with E-state index in [4.69, 9.17) is 0 Å². The lowest BCUT2D eigenvalue weighted by Crippen LogP contribution is -2.27. The first-order valence-electron chi connectivity index (χ1n) is 6.98. The first-order chi connectivity index (χ1) is 9.78. The lowest BCUT2D eigenvalue weighted by molar-refractivity contribution is 0.0911. The van der Waals surface area contributed by atoms with Gasteiger partial charge in [-0.15, -0.1) is 0 Å². The number of carbonyl (C=O) groups is 1. The van der Waals surface area contributed by atoms with Crippen LogP contribution in [0.1, 0.15) is 42.0 Å². The first-order valence-corrected chi connectivity index (χ1v) is 7.78. The summed E-state index contributed by atoms with van der Waals surface area (Å²) in [6, 6.07) is 6.90. The molecule has 4 heteroatoms. The minimum atomic E-state index is -0.283. The van der Waals surface area contributed by atoms with Gasteiger partial charge in [0.2, 0.25) is 0 Å². The fraction of sp³-hybridized carbons (Fsp3) is 0.353. The van der Waals surface area contributed by atoms with Gasteiger partial charge < -0.3 is 4.57 Å². The summed E-state index contributed by atoms with van der Waals surface area (Å²) in [5.41, 5.74) is 3.70. The molecule has 21 heavy (non-hydrogen) atoms. The van der Waals surface area contributed by atoms with Crippen LogP contribution < -0.4 is 0 Å². The third-order valence-electron chi connectivity index (χ3n) is 4.03. The highest BCUT2D eigenvalue weighted by molar-refractivity contribution is 9.10. The molecular formula is C17H17BrFNO. The quantitative estimate of drug-likeness (QED) is 0.721. The van der Waals surface area contributed by atoms with Crippen molar-refractivity contribution < 1.29 is 9.18 Å². The molecule has 1 aromatic heterocycles. The highest BCUT2D eigenvalue weighted by Gasteiger charge is 2.34. The van der Waals surface area contributed by atoms with Crippen molar-refractivity contribution in [2.75, 3.05) is 0 Å². The Labute approximate surface area is 132 Å². The molecule has 0 bridgehead atoms. The lowest BCUT2D eigenvalue weighted by Gasteiger charge is -2.30. The Hall–Kier alpha value is -1.42. The predicted molar refractivity (Wildman–Crippen MR) is 84.6 cm³/mol. The minimum Gasteiger partial charge on any atom is -0.317 e. The first kappa shape index (κ1) is 14.5. The molecule has 1 aromatic carbocycles. The van der Waals surface area contributed by atoms with E-state index < -0.39 is 0 Å². The Morgan fingerprint density at radius 3 is 2.62 bits per heavy atom. The van der Waals surface area contributed by atoms with Gasteiger partial charge in [0, 0.05) is 29.1 Å². The molecule has 0 saturated heterocycles. The van der Waals surface area contributed by atoms with Crippen molar-refractivity contribution >= 4 is 21.7 Å². The van der Waals surface area contributed by atoms with Gasteiger partial charge in [0.1, 0.15) is 5.82 Å². The van der Waals surface area contributed by atoms with E-state index in [2.05, 4.69) is 34.3 Å². The Morgan fingerprint density at radius 1 is 1.24 bits per heavy atom. The van der Waals surface area contributed by atoms with Crippen molar-refractivity contribution in [3.8, 4) is 5.69 Å². The normalized spacial score (nSPS) is 16.9. The van der Waals surface area contributed by atoms with Gasteiger partial charge in [0.25, 0.3) is 0 Å². The van der Waals surface area contributed by atoms with E-state index in [1.807, 2.05) is 13.0 Å². The molecule has 3 rings (SSSR count). The topological polar surface area (TPSA) is 22.0 Å². The molecule has 1 aliphatic carbocycles. The van der Waals surface area contributed by atoms with E-state index in [9.17, 15) is 9.18 Å². The van der Waals surface area contributed by atoms with Crippen LogP contribution in [-0.2, 0) is 6.42 Å². The highest BCUT2D eigenvalue weighted by Crippen LogP contribution is 2.37. The van der Waals surface area contributed by atoms with Crippen LogP contribution in [0.3, 0.4) is 0 Å². The number of fused-ring (bicyclic) bond motifs is 1. The molecule has 2 aromatic rings. The van der Waals surface area contributed by atoms with Crippen molar-refractivity contribution in [2.45, 2.75) is 33.6 Å². The number of aromatic nitrogens is 1. The number of nitrogens with zero attached hydrogens (tertiary/aromatic N) is 1. The standard InChI is InChI=1S/C17H17BrFNO/c1-10-6-12-15(8-17(2,3)9-16(12)21)20(10)11-4-5-14(19)13(18)7-11/h4-7H,8-9H2,1-3H3. The largest absolute Gasteiger partial charge is 0.317 e. The van der Waals surface area contributed by atoms with Crippen molar-refractivity contribution in [1.82, 2.24) is 4.57 Å². The number of ketones is 1. The second-order valence-corrected chi connectivity index (χ2v) is 7.38. The Bertz CT molecular complexity index is 745. The van der Waals surface area contributed by atoms with Crippen LogP contribution in [0, 0.1) is 18.2 Å². The average molecular weight is 350 g/mol. The van der Waals surface area contributed by atoms with E-state index in [0.29, 0.717) is 10.9 Å². The summed E-state index contributed by atoms with van der Waals surface area (Å²) >= 11 is 3.23. The van der Waals surface area contributed by atoms with Crippen LogP contribution in [0.25, 0.3) is 5.69 Å². The SMILES string of the molecule is Cc1cc2c(n1-c1ccc(F)c(Br)c1)CC(C)(C)CC2=O. The summed E-state index contributed by atoms with van der Waals surface area (Å²) in [4.78, 5) is 12.3. The van der Waals surface area contributed by atoms with E-state index in [1.165, 1.54) is 6.07 Å². The Balaban J connectivity index is 2.20. The Kier molecular flexibility index (Phi) is 3.32. The number of benzene rings is 1. The molecule has 0 fully saturated rings. The third-order valence-corrected chi connectivity index (χ3v) is 4.64. The summed E-state index contributed by atoms with van der Waals surface area (Å²) in [7, 11) is 0. The van der Waals surface area contributed by atoms with Gasteiger partial charge in [-0.1, -0.05) is 13.8 Å². The van der Waals surface area contributed by atoms with Crippen LogP contribution in [0.4, 0.5) is 4.39 Å². The van der Waals surface area contributed by atoms with Gasteiger partial charge in [-0.2, -0.15) is 0 Å². The van der Waals surface area contributed by atoms with Crippen LogP contribution in [0.5, 0.6) is 0 Å². The van der Waals surface area contributed by atoms with E-state index in [1.54, 1.807) is 12.1 Å². The molecule has 0 saturated carbocycles. The summed E-state index contributed by atoms with van der Waals surface area (Å²) in [6.45, 7) is 6.21. The Morgan fingerprint density at radius 2 is 1.95 bits per heavy atom. The second kappa shape index (κ2) is 4.80. The number of halogens is 2. The van der Waals surface area contributed by atoms with Crippen LogP contribution in [0.15, 0.2) is 28.7 Å². The van der Waals surface area contributed by atoms with Crippen LogP contribution in [-0.4, -0.2) is 10.4 Å². The minimum absolute atomic E-state index is 0.0378. The fourth-order valence-electron chi connectivity index (χ4n) is 3.14. The van der Waals surface area contributed by atoms with E-state index in [-0.39, 0.29) is 17.0 Å². The zero-order valence-corrected chi connectivity index (χ0v) is 13.9. The third kappa shape index (κ3) is 2.46. The predicted octanol–water partition coefficient (Wildman–Crippen LogP) is 4.84. The van der Waals surface area contributed by atoms with Crippen molar-refractivity contribution in [3.63, 3.8) is 0 Å². The summed E-state index contributed by atoms with van der Waals surface area (Å²) in [5, 5.41) is 0. The number of hydrogen-bond acceptors (Lipinski definition) is 1. The monoisotopic (exact) mass is 349 g/mol. The molecule has 0 N–H and O–H groups in total. The van der Waals surface area contributed by atoms with Gasteiger partial charge in [0.15, 0.2) is 5.78 Å². The highest BCUT2D eigenvalue weighted by atomic mass is 79.9. The van der Waals surface area contributed by atoms with Gasteiger partial charge in [-0.25, -0.2) is 4.39 Å². The van der Waals surface area contributed by atoms with Crippen LogP contribution in [0.2, 0.25) is 0 Å². The maximum absolute atomic E-state index is 13.5. The zero-order chi connectivity index (χ0) is 15.4. The fourth-order valence-corrected chi connectivity index (χ4v) is 3.50. The number of carbonyl (C=O) groups excluding carboxylic acids is 1. The van der Waals surface area contributed by atoms with Crippen LogP contribution >= 0.6 is 15.9 Å². The molecule has 0 aliphatic heterocycles. The molecule has 0 spiro atoms. The van der Waals surface area contributed by atoms with Gasteiger partial charge in [-0.05, 0) is 59.0 Å². The number of rotatable bonds is 1. The molecule has 0 amide bonds. The molecule has 1 aliphatic rings. The number of aryl methyl sites for hydroxylation is 1. The van der Waals surface area contributed by atoms with Crippen molar-refractivity contribution in [2.24, 2.45) is 5.41 Å². The average Bonchev–Trinajstić information content (AvgIpc) is 2.68. The van der Waals surface area contributed by atoms with E-state index >= 15 is 0 Å². The van der Waals surface area contributed by atoms with E-state index in [0.717, 1.165) is 29.1 Å². The van der Waals surface area contributed by atoms with Gasteiger partial charge in [0.05, 0.1) is 4.47 Å². The molecule has 110 valence electrons. The molecule has 2 nitrogen and oxygen atoms in total. The zero-order valence-electron chi connectivity index (χ0n) is 12.3. The lowest BCUT2D eigenvalue weighted by atomic mass is 9.76. The number of Topliss-reactive ketones (excluding diaryl/α,β-unsaturated/α-hetero) is 1. The molecule has 1 heterocycles. The van der Waals surface area contributed by atoms with Crippen molar-refractivity contribution in [1.29, 1.82) is 0 Å². The summed E-state index contributed by atoms with van der Waals surface area (Å²) in [5.74, 6) is -0.0851. The summed E-state index contributed by atoms with van der Waals surface area (Å²) < 4.78 is 16.0. The van der Waals surface area contributed by atoms with Gasteiger partial charge >= 0.3 is 0 Å². The van der Waals surface area contributed by atoms with Crippen molar-refractivity contribution in [3.05, 3.63) is 51.5 Å².